The van der Waals surface area contributed by atoms with Crippen molar-refractivity contribution < 1.29 is 43.7 Å². The molecule has 2 aromatic carbocycles. The second-order valence-corrected chi connectivity index (χ2v) is 10.4. The molecule has 0 radical (unpaired) electrons. The monoisotopic (exact) mass is 523 g/mol. The van der Waals surface area contributed by atoms with Gasteiger partial charge in [0.1, 0.15) is 5.75 Å². The van der Waals surface area contributed by atoms with Crippen LogP contribution in [0.5, 0.6) is 5.75 Å². The molecule has 2 aliphatic heterocycles. The second-order valence-electron chi connectivity index (χ2n) is 8.83. The minimum Gasteiger partial charge on any atom is -0.497 e. The number of nitrogens with zero attached hydrogens (tertiary/aromatic N) is 1. The quantitative estimate of drug-likeness (QED) is 0.280. The molecule has 2 heterocycles. The molecule has 4 rings (SSSR count). The molecule has 35 heavy (non-hydrogen) atoms. The van der Waals surface area contributed by atoms with E-state index < -0.39 is 39.0 Å². The first kappa shape index (κ1) is 25.8. The Hall–Kier alpha value is -2.31. The van der Waals surface area contributed by atoms with E-state index in [1.165, 1.54) is 19.2 Å². The zero-order valence-electron chi connectivity index (χ0n) is 18.6. The molecule has 1 unspecified atom stereocenters. The fourth-order valence-electron chi connectivity index (χ4n) is 5.19. The highest BCUT2D eigenvalue weighted by Crippen LogP contribution is 2.52. The molecule has 2 aliphatic rings. The molecule has 2 saturated heterocycles. The van der Waals surface area contributed by atoms with Crippen molar-refractivity contribution in [1.82, 2.24) is 4.90 Å². The maximum atomic E-state index is 13.1. The van der Waals surface area contributed by atoms with Crippen LogP contribution >= 0.6 is 0 Å². The lowest BCUT2D eigenvalue weighted by Gasteiger charge is -2.48. The van der Waals surface area contributed by atoms with Gasteiger partial charge in [-0.2, -0.15) is 34.8 Å². The predicted octanol–water partition coefficient (Wildman–Crippen LogP) is 5.60. The second kappa shape index (κ2) is 8.97. The fraction of sp³-hybridized carbons (Fsp3) is 0.478. The first-order valence-corrected chi connectivity index (χ1v) is 12.2. The molecule has 0 amide bonds. The lowest BCUT2D eigenvalue weighted by atomic mass is 9.80. The molecule has 5 nitrogen and oxygen atoms in total. The van der Waals surface area contributed by atoms with E-state index in [2.05, 4.69) is 4.18 Å². The van der Waals surface area contributed by atoms with Crippen LogP contribution in [0.1, 0.15) is 42.4 Å². The van der Waals surface area contributed by atoms with E-state index in [4.69, 9.17) is 4.74 Å². The van der Waals surface area contributed by atoms with Crippen molar-refractivity contribution >= 4 is 10.1 Å². The molecule has 2 aromatic rings. The zero-order chi connectivity index (χ0) is 25.6. The van der Waals surface area contributed by atoms with Gasteiger partial charge in [-0.25, -0.2) is 0 Å². The number of ether oxygens (including phenoxy) is 1. The molecule has 12 heteroatoms. The number of alkyl halides is 6. The summed E-state index contributed by atoms with van der Waals surface area (Å²) in [5.41, 5.74) is -6.06. The maximum Gasteiger partial charge on any atom is 0.523 e. The van der Waals surface area contributed by atoms with E-state index in [1.807, 2.05) is 17.0 Å². The molecule has 192 valence electrons. The van der Waals surface area contributed by atoms with Gasteiger partial charge in [-0.05, 0) is 61.1 Å². The Morgan fingerprint density at radius 3 is 2.17 bits per heavy atom. The largest absolute Gasteiger partial charge is 0.523 e. The van der Waals surface area contributed by atoms with Gasteiger partial charge in [-0.3, -0.25) is 9.08 Å². The number of rotatable bonds is 6. The summed E-state index contributed by atoms with van der Waals surface area (Å²) in [6.07, 6.45) is -4.90. The van der Waals surface area contributed by atoms with Crippen LogP contribution in [0.25, 0.3) is 0 Å². The maximum absolute atomic E-state index is 13.1. The smallest absolute Gasteiger partial charge is 0.497 e. The third-order valence-corrected chi connectivity index (χ3v) is 7.88. The lowest BCUT2D eigenvalue weighted by molar-refractivity contribution is -0.137. The number of halogens is 6. The van der Waals surface area contributed by atoms with Crippen molar-refractivity contribution in [2.45, 2.75) is 61.6 Å². The van der Waals surface area contributed by atoms with Crippen molar-refractivity contribution in [3.05, 3.63) is 65.2 Å². The van der Waals surface area contributed by atoms with Gasteiger partial charge in [-0.1, -0.05) is 24.3 Å². The lowest BCUT2D eigenvalue weighted by Crippen LogP contribution is -2.52. The molecule has 0 spiro atoms. The SMILES string of the molecule is COc1ccc(CN2[C@@H]3CC[C@@]2(c2ccc(C(F)(F)F)cc2)CC(OS(=O)(=O)C(F)(F)F)C3)cc1. The third kappa shape index (κ3) is 5.01. The van der Waals surface area contributed by atoms with E-state index >= 15 is 0 Å². The average molecular weight is 523 g/mol. The molecule has 0 N–H and O–H groups in total. The van der Waals surface area contributed by atoms with Crippen LogP contribution in [0.2, 0.25) is 0 Å². The topological polar surface area (TPSA) is 55.8 Å². The highest BCUT2D eigenvalue weighted by atomic mass is 32.2. The number of hydrogen-bond acceptors (Lipinski definition) is 5. The number of piperidine rings is 1. The van der Waals surface area contributed by atoms with Gasteiger partial charge in [0.25, 0.3) is 0 Å². The summed E-state index contributed by atoms with van der Waals surface area (Å²) < 4.78 is 111. The van der Waals surface area contributed by atoms with Crippen LogP contribution < -0.4 is 4.74 Å². The van der Waals surface area contributed by atoms with Gasteiger partial charge in [0.05, 0.1) is 18.8 Å². The zero-order valence-corrected chi connectivity index (χ0v) is 19.4. The van der Waals surface area contributed by atoms with Crippen molar-refractivity contribution in [1.29, 1.82) is 0 Å². The summed E-state index contributed by atoms with van der Waals surface area (Å²) in [6, 6.07) is 11.3. The van der Waals surface area contributed by atoms with Crippen LogP contribution in [0, 0.1) is 0 Å². The van der Waals surface area contributed by atoms with Gasteiger partial charge in [-0.15, -0.1) is 0 Å². The van der Waals surface area contributed by atoms with E-state index in [9.17, 15) is 34.8 Å². The average Bonchev–Trinajstić information content (AvgIpc) is 2.98. The van der Waals surface area contributed by atoms with Crippen LogP contribution in [-0.4, -0.2) is 38.1 Å². The first-order valence-electron chi connectivity index (χ1n) is 10.8. The van der Waals surface area contributed by atoms with Crippen LogP contribution in [0.15, 0.2) is 48.5 Å². The van der Waals surface area contributed by atoms with Crippen molar-refractivity contribution in [2.24, 2.45) is 0 Å². The Labute approximate surface area is 198 Å². The Balaban J connectivity index is 1.70. The summed E-state index contributed by atoms with van der Waals surface area (Å²) in [5, 5.41) is 0. The molecular weight excluding hydrogens is 500 g/mol. The minimum atomic E-state index is -5.82. The van der Waals surface area contributed by atoms with Crippen LogP contribution in [0.4, 0.5) is 26.3 Å². The minimum absolute atomic E-state index is 0.0495. The highest BCUT2D eigenvalue weighted by molar-refractivity contribution is 7.87. The van der Waals surface area contributed by atoms with Gasteiger partial charge < -0.3 is 4.74 Å². The Morgan fingerprint density at radius 1 is 1.00 bits per heavy atom. The van der Waals surface area contributed by atoms with Crippen LogP contribution in [0.3, 0.4) is 0 Å². The van der Waals surface area contributed by atoms with E-state index in [0.717, 1.165) is 17.7 Å². The van der Waals surface area contributed by atoms with Crippen molar-refractivity contribution in [3.8, 4) is 5.75 Å². The molecule has 3 atom stereocenters. The van der Waals surface area contributed by atoms with Crippen molar-refractivity contribution in [2.75, 3.05) is 7.11 Å². The third-order valence-electron chi connectivity index (χ3n) is 6.79. The molecule has 0 aliphatic carbocycles. The Bertz CT molecular complexity index is 1150. The normalized spacial score (nSPS) is 25.6. The Morgan fingerprint density at radius 2 is 1.63 bits per heavy atom. The van der Waals surface area contributed by atoms with Gasteiger partial charge in [0.15, 0.2) is 0 Å². The summed E-state index contributed by atoms with van der Waals surface area (Å²) in [7, 11) is -4.29. The summed E-state index contributed by atoms with van der Waals surface area (Å²) in [5.74, 6) is 0.638. The number of hydrogen-bond donors (Lipinski definition) is 0. The van der Waals surface area contributed by atoms with Gasteiger partial charge >= 0.3 is 21.8 Å². The van der Waals surface area contributed by atoms with Gasteiger partial charge in [0.2, 0.25) is 0 Å². The molecular formula is C23H23F6NO4S. The van der Waals surface area contributed by atoms with Crippen molar-refractivity contribution in [3.63, 3.8) is 0 Å². The molecule has 2 bridgehead atoms. The van der Waals surface area contributed by atoms with Crippen LogP contribution in [-0.2, 0) is 32.6 Å². The summed E-state index contributed by atoms with van der Waals surface area (Å²) in [6.45, 7) is 0.369. The van der Waals surface area contributed by atoms with E-state index in [-0.39, 0.29) is 18.9 Å². The standard InChI is InChI=1S/C23H23F6NO4S/c1-33-19-8-2-15(3-9-19)14-30-18-10-11-21(30,16-4-6-17(7-5-16)22(24,25)26)13-20(12-18)34-35(31,32)23(27,28)29/h2-9,18,20H,10-14H2,1H3/t18-,20?,21+/m1/s1. The molecule has 0 saturated carbocycles. The first-order chi connectivity index (χ1) is 16.2. The number of methoxy groups -OCH3 is 1. The summed E-state index contributed by atoms with van der Waals surface area (Å²) in [4.78, 5) is 2.04. The number of fused-ring (bicyclic) bond motifs is 2. The predicted molar refractivity (Wildman–Crippen MR) is 114 cm³/mol. The van der Waals surface area contributed by atoms with E-state index in [0.29, 0.717) is 30.7 Å². The van der Waals surface area contributed by atoms with E-state index in [1.54, 1.807) is 12.1 Å². The molecule has 2 fully saturated rings. The molecule has 0 aromatic heterocycles. The Kier molecular flexibility index (Phi) is 6.60. The highest BCUT2D eigenvalue weighted by Gasteiger charge is 2.56. The summed E-state index contributed by atoms with van der Waals surface area (Å²) >= 11 is 0. The fourth-order valence-corrected chi connectivity index (χ4v) is 5.81. The van der Waals surface area contributed by atoms with Gasteiger partial charge in [0, 0.05) is 18.1 Å². The number of benzene rings is 2.